The maximum atomic E-state index is 13.2. The fraction of sp³-hybridized carbons (Fsp3) is 0.286. The monoisotopic (exact) mass is 657 g/mol. The zero-order valence-corrected chi connectivity index (χ0v) is 27.1. The van der Waals surface area contributed by atoms with Crippen molar-refractivity contribution < 1.29 is 37.0 Å². The third-order valence-corrected chi connectivity index (χ3v) is 9.19. The van der Waals surface area contributed by atoms with Gasteiger partial charge in [0, 0.05) is 54.3 Å². The predicted octanol–water partition coefficient (Wildman–Crippen LogP) is 5.30. The highest BCUT2D eigenvalue weighted by atomic mass is 32.2. The van der Waals surface area contributed by atoms with Crippen LogP contribution in [0, 0.1) is 11.8 Å². The number of benzene rings is 3. The first-order chi connectivity index (χ1) is 22.5. The van der Waals surface area contributed by atoms with Crippen molar-refractivity contribution in [3.8, 4) is 17.6 Å². The molecule has 5 rings (SSSR count). The number of aryl methyl sites for hydroxylation is 1. The molecule has 0 atom stereocenters. The van der Waals surface area contributed by atoms with Gasteiger partial charge in [0.25, 0.3) is 15.9 Å². The van der Waals surface area contributed by atoms with Crippen molar-refractivity contribution in [1.29, 1.82) is 0 Å². The molecule has 0 saturated heterocycles. The first-order valence-electron chi connectivity index (χ1n) is 15.0. The van der Waals surface area contributed by atoms with Gasteiger partial charge in [-0.25, -0.2) is 17.9 Å². The number of carbonyl (C=O) groups is 3. The number of nitrogens with one attached hydrogen (secondary N) is 2. The normalized spacial score (nSPS) is 13.0. The number of sulfonamides is 1. The molecule has 2 amide bonds. The Labute approximate surface area is 273 Å². The molecule has 0 spiro atoms. The van der Waals surface area contributed by atoms with Crippen molar-refractivity contribution in [3.63, 3.8) is 0 Å². The first-order valence-corrected chi connectivity index (χ1v) is 16.5. The minimum atomic E-state index is -4.30. The Morgan fingerprint density at radius 1 is 1.00 bits per heavy atom. The van der Waals surface area contributed by atoms with E-state index < -0.39 is 28.0 Å². The van der Waals surface area contributed by atoms with E-state index >= 15 is 0 Å². The smallest absolute Gasteiger partial charge is 0.411 e. The number of hydrogen-bond acceptors (Lipinski definition) is 8. The molecule has 3 aromatic carbocycles. The summed E-state index contributed by atoms with van der Waals surface area (Å²) in [7, 11) is -0.896. The fourth-order valence-electron chi connectivity index (χ4n) is 5.54. The van der Waals surface area contributed by atoms with Crippen LogP contribution in [0.15, 0.2) is 71.8 Å². The molecule has 11 nitrogen and oxygen atoms in total. The maximum absolute atomic E-state index is 13.2. The lowest BCUT2D eigenvalue weighted by molar-refractivity contribution is -0.139. The van der Waals surface area contributed by atoms with Gasteiger partial charge >= 0.3 is 12.1 Å². The van der Waals surface area contributed by atoms with Crippen LogP contribution in [0.4, 0.5) is 10.5 Å². The number of esters is 1. The molecule has 1 aliphatic carbocycles. The molecule has 1 saturated carbocycles. The molecule has 0 aliphatic heterocycles. The third-order valence-electron chi connectivity index (χ3n) is 7.80. The Morgan fingerprint density at radius 3 is 2.51 bits per heavy atom. The summed E-state index contributed by atoms with van der Waals surface area (Å²) < 4.78 is 46.4. The molecule has 1 heterocycles. The summed E-state index contributed by atoms with van der Waals surface area (Å²) in [4.78, 5) is 36.4. The van der Waals surface area contributed by atoms with Crippen LogP contribution >= 0.6 is 0 Å². The van der Waals surface area contributed by atoms with Crippen molar-refractivity contribution in [1.82, 2.24) is 9.29 Å². The van der Waals surface area contributed by atoms with Gasteiger partial charge in [-0.1, -0.05) is 30.0 Å². The zero-order chi connectivity index (χ0) is 33.6. The standard InChI is InChI=1S/C35H35N3O8S/c1-23(39)45-18-8-10-24-9-4-7-13-33(24)47(42,43)37-34(40)26-15-14-25(32(20-26)44-3)19-27-22-38(2)31-17-16-28(21-30(27)31)36-35(41)46-29-11-5-6-12-29/h4,7,9,13-17,20-22,29H,5-6,11-12,18-19H2,1-3H3,(H,36,41)(H,37,40). The number of carbonyl (C=O) groups excluding carboxylic acids is 3. The van der Waals surface area contributed by atoms with Gasteiger partial charge in [-0.3, -0.25) is 14.9 Å². The maximum Gasteiger partial charge on any atom is 0.411 e. The summed E-state index contributed by atoms with van der Waals surface area (Å²) >= 11 is 0. The van der Waals surface area contributed by atoms with Gasteiger partial charge in [-0.15, -0.1) is 0 Å². The average Bonchev–Trinajstić information content (AvgIpc) is 3.66. The Balaban J connectivity index is 1.32. The second kappa shape index (κ2) is 14.4. The van der Waals surface area contributed by atoms with Gasteiger partial charge in [0.2, 0.25) is 0 Å². The van der Waals surface area contributed by atoms with Crippen LogP contribution < -0.4 is 14.8 Å². The predicted molar refractivity (Wildman–Crippen MR) is 176 cm³/mol. The molecule has 2 N–H and O–H groups in total. The summed E-state index contributed by atoms with van der Waals surface area (Å²) in [6, 6.07) is 16.3. The molecule has 0 bridgehead atoms. The molecule has 1 aromatic heterocycles. The Kier molecular flexibility index (Phi) is 10.2. The molecule has 244 valence electrons. The van der Waals surface area contributed by atoms with Gasteiger partial charge in [0.05, 0.1) is 7.11 Å². The number of fused-ring (bicyclic) bond motifs is 1. The molecule has 4 aromatic rings. The van der Waals surface area contributed by atoms with Gasteiger partial charge < -0.3 is 18.8 Å². The molecule has 47 heavy (non-hydrogen) atoms. The Bertz CT molecular complexity index is 2000. The second-order valence-electron chi connectivity index (χ2n) is 11.2. The largest absolute Gasteiger partial charge is 0.496 e. The van der Waals surface area contributed by atoms with Gasteiger partial charge in [-0.05, 0) is 79.3 Å². The van der Waals surface area contributed by atoms with Crippen molar-refractivity contribution in [3.05, 3.63) is 89.1 Å². The minimum absolute atomic E-state index is 0.0429. The molecule has 1 fully saturated rings. The van der Waals surface area contributed by atoms with Crippen LogP contribution in [-0.4, -0.2) is 50.8 Å². The van der Waals surface area contributed by atoms with Gasteiger partial charge in [-0.2, -0.15) is 0 Å². The Hall–Kier alpha value is -5.28. The van der Waals surface area contributed by atoms with Crippen molar-refractivity contribution in [2.75, 3.05) is 19.0 Å². The van der Waals surface area contributed by atoms with E-state index in [0.29, 0.717) is 17.9 Å². The number of anilines is 1. The lowest BCUT2D eigenvalue weighted by Crippen LogP contribution is -2.31. The molecule has 1 aliphatic rings. The second-order valence-corrected chi connectivity index (χ2v) is 12.8. The highest BCUT2D eigenvalue weighted by molar-refractivity contribution is 7.90. The van der Waals surface area contributed by atoms with Crippen LogP contribution in [0.2, 0.25) is 0 Å². The van der Waals surface area contributed by atoms with E-state index in [1.165, 1.54) is 44.4 Å². The van der Waals surface area contributed by atoms with Crippen LogP contribution in [0.5, 0.6) is 5.75 Å². The van der Waals surface area contributed by atoms with Crippen LogP contribution in [0.25, 0.3) is 10.9 Å². The molecular formula is C35H35N3O8S. The van der Waals surface area contributed by atoms with E-state index in [-0.39, 0.29) is 28.7 Å². The van der Waals surface area contributed by atoms with Gasteiger partial charge in [0.1, 0.15) is 16.7 Å². The van der Waals surface area contributed by atoms with E-state index in [2.05, 4.69) is 21.9 Å². The summed E-state index contributed by atoms with van der Waals surface area (Å²) in [5.41, 5.74) is 3.53. The summed E-state index contributed by atoms with van der Waals surface area (Å²) in [6.07, 6.45) is 5.82. The first kappa shape index (κ1) is 33.1. The number of amides is 2. The number of aromatic nitrogens is 1. The average molecular weight is 658 g/mol. The lowest BCUT2D eigenvalue weighted by atomic mass is 10.0. The van der Waals surface area contributed by atoms with Crippen molar-refractivity contribution >= 4 is 44.6 Å². The molecule has 0 radical (unpaired) electrons. The number of hydrogen-bond donors (Lipinski definition) is 2. The SMILES string of the molecule is COc1cc(C(=O)NS(=O)(=O)c2ccccc2C#CCOC(C)=O)ccc1Cc1cn(C)c2ccc(NC(=O)OC3CCCC3)cc12. The van der Waals surface area contributed by atoms with E-state index in [4.69, 9.17) is 14.2 Å². The highest BCUT2D eigenvalue weighted by Gasteiger charge is 2.23. The van der Waals surface area contributed by atoms with E-state index in [1.54, 1.807) is 12.1 Å². The lowest BCUT2D eigenvalue weighted by Gasteiger charge is -2.13. The summed E-state index contributed by atoms with van der Waals surface area (Å²) in [6.45, 7) is 1.04. The van der Waals surface area contributed by atoms with E-state index in [9.17, 15) is 22.8 Å². The third kappa shape index (κ3) is 8.12. The number of nitrogens with zero attached hydrogens (tertiary/aromatic N) is 1. The van der Waals surface area contributed by atoms with Gasteiger partial charge in [0.15, 0.2) is 6.61 Å². The minimum Gasteiger partial charge on any atom is -0.496 e. The number of methoxy groups -OCH3 is 1. The van der Waals surface area contributed by atoms with Crippen LogP contribution in [0.1, 0.15) is 59.7 Å². The van der Waals surface area contributed by atoms with Crippen LogP contribution in [0.3, 0.4) is 0 Å². The topological polar surface area (TPSA) is 142 Å². The zero-order valence-electron chi connectivity index (χ0n) is 26.3. The quantitative estimate of drug-likeness (QED) is 0.182. The molecular weight excluding hydrogens is 622 g/mol. The summed E-state index contributed by atoms with van der Waals surface area (Å²) in [5.74, 6) is 4.32. The number of rotatable bonds is 9. The van der Waals surface area contributed by atoms with Crippen molar-refractivity contribution in [2.45, 2.75) is 50.0 Å². The van der Waals surface area contributed by atoms with E-state index in [0.717, 1.165) is 47.7 Å². The number of ether oxygens (including phenoxy) is 3. The Morgan fingerprint density at radius 2 is 1.77 bits per heavy atom. The van der Waals surface area contributed by atoms with Crippen molar-refractivity contribution in [2.24, 2.45) is 7.05 Å². The van der Waals surface area contributed by atoms with E-state index in [1.807, 2.05) is 36.0 Å². The highest BCUT2D eigenvalue weighted by Crippen LogP contribution is 2.30. The molecule has 0 unspecified atom stereocenters. The fourth-order valence-corrected chi connectivity index (χ4v) is 6.68. The van der Waals surface area contributed by atoms with Crippen LogP contribution in [-0.2, 0) is 37.8 Å². The molecule has 12 heteroatoms. The summed E-state index contributed by atoms with van der Waals surface area (Å²) in [5, 5.41) is 3.77.